The van der Waals surface area contributed by atoms with Gasteiger partial charge in [-0.05, 0) is 42.0 Å². The lowest BCUT2D eigenvalue weighted by Crippen LogP contribution is -2.15. The van der Waals surface area contributed by atoms with Crippen LogP contribution in [0.1, 0.15) is 32.9 Å². The number of alkyl halides is 6. The van der Waals surface area contributed by atoms with Gasteiger partial charge < -0.3 is 4.79 Å². The van der Waals surface area contributed by atoms with Crippen molar-refractivity contribution in [1.29, 1.82) is 0 Å². The highest BCUT2D eigenvalue weighted by Gasteiger charge is 2.37. The SMILES string of the molecule is O=CCn1nnc(-c2ccccc2Cl)c1C(=O)c1nnn(Cc2cc(C(F)(F)F)cc(C(F)(F)F)c2)c1-c1cccnc1. The van der Waals surface area contributed by atoms with E-state index in [0.717, 1.165) is 9.36 Å². The molecule has 0 amide bonds. The topological polar surface area (TPSA) is 108 Å². The van der Waals surface area contributed by atoms with E-state index >= 15 is 0 Å². The van der Waals surface area contributed by atoms with E-state index in [-0.39, 0.29) is 46.0 Å². The van der Waals surface area contributed by atoms with Crippen LogP contribution >= 0.6 is 11.6 Å². The minimum absolute atomic E-state index is 0.0110. The molecule has 0 aliphatic heterocycles. The Labute approximate surface area is 242 Å². The maximum Gasteiger partial charge on any atom is 0.416 e. The van der Waals surface area contributed by atoms with Gasteiger partial charge in [-0.3, -0.25) is 9.78 Å². The van der Waals surface area contributed by atoms with Crippen LogP contribution in [0.25, 0.3) is 22.5 Å². The van der Waals surface area contributed by atoms with Gasteiger partial charge >= 0.3 is 12.4 Å². The molecule has 5 rings (SSSR count). The maximum absolute atomic E-state index is 14.0. The zero-order valence-electron chi connectivity index (χ0n) is 21.4. The van der Waals surface area contributed by atoms with Crippen molar-refractivity contribution >= 4 is 23.7 Å². The first-order chi connectivity index (χ1) is 20.4. The van der Waals surface area contributed by atoms with Crippen LogP contribution in [0.3, 0.4) is 0 Å². The van der Waals surface area contributed by atoms with Crippen molar-refractivity contribution in [2.75, 3.05) is 0 Å². The highest BCUT2D eigenvalue weighted by molar-refractivity contribution is 6.33. The van der Waals surface area contributed by atoms with Gasteiger partial charge in [0.2, 0.25) is 5.78 Å². The van der Waals surface area contributed by atoms with Crippen molar-refractivity contribution in [3.05, 3.63) is 100 Å². The van der Waals surface area contributed by atoms with Crippen molar-refractivity contribution in [2.24, 2.45) is 0 Å². The van der Waals surface area contributed by atoms with Gasteiger partial charge in [0.1, 0.15) is 23.4 Å². The standard InChI is InChI=1S/C27H16ClF6N7O2/c28-20-6-2-1-5-19(20)21-24(40(8-9-42)38-36-21)25(43)22-23(16-4-3-7-35-13-16)41(39-37-22)14-15-10-17(26(29,30)31)12-18(11-15)27(32,33)34/h1-7,9-13H,8,14H2. The molecule has 0 N–H and O–H groups in total. The minimum atomic E-state index is -5.06. The highest BCUT2D eigenvalue weighted by atomic mass is 35.5. The number of carbonyl (C=O) groups excluding carboxylic acids is 2. The molecule has 5 aromatic rings. The Morgan fingerprint density at radius 2 is 1.56 bits per heavy atom. The van der Waals surface area contributed by atoms with Gasteiger partial charge in [-0.2, -0.15) is 26.3 Å². The first kappa shape index (κ1) is 29.6. The molecule has 0 radical (unpaired) electrons. The predicted octanol–water partition coefficient (Wildman–Crippen LogP) is 5.77. The number of ketones is 1. The van der Waals surface area contributed by atoms with Crippen LogP contribution < -0.4 is 0 Å². The van der Waals surface area contributed by atoms with Gasteiger partial charge in [0.15, 0.2) is 5.69 Å². The average Bonchev–Trinajstić information content (AvgIpc) is 3.57. The van der Waals surface area contributed by atoms with Crippen LogP contribution in [-0.2, 0) is 30.2 Å². The Morgan fingerprint density at radius 1 is 0.884 bits per heavy atom. The molecule has 0 spiro atoms. The fourth-order valence-electron chi connectivity index (χ4n) is 4.33. The molecular weight excluding hydrogens is 604 g/mol. The summed E-state index contributed by atoms with van der Waals surface area (Å²) in [6.45, 7) is -1.000. The molecule has 0 atom stereocenters. The lowest BCUT2D eigenvalue weighted by Gasteiger charge is -2.15. The number of aromatic nitrogens is 7. The maximum atomic E-state index is 14.0. The minimum Gasteiger partial charge on any atom is -0.301 e. The normalized spacial score (nSPS) is 12.0. The molecule has 0 aliphatic carbocycles. The molecule has 0 bridgehead atoms. The molecule has 3 heterocycles. The van der Waals surface area contributed by atoms with E-state index in [2.05, 4.69) is 25.6 Å². The summed E-state index contributed by atoms with van der Waals surface area (Å²) in [5, 5.41) is 16.0. The van der Waals surface area contributed by atoms with E-state index in [4.69, 9.17) is 11.6 Å². The summed E-state index contributed by atoms with van der Waals surface area (Å²) in [4.78, 5) is 29.4. The van der Waals surface area contributed by atoms with Crippen molar-refractivity contribution in [3.63, 3.8) is 0 Å². The molecule has 0 fully saturated rings. The molecule has 220 valence electrons. The number of halogens is 7. The molecule has 3 aromatic heterocycles. The Kier molecular flexibility index (Phi) is 7.84. The second-order valence-electron chi connectivity index (χ2n) is 9.04. The van der Waals surface area contributed by atoms with E-state index in [9.17, 15) is 35.9 Å². The van der Waals surface area contributed by atoms with Gasteiger partial charge in [0.05, 0.1) is 29.2 Å². The number of nitrogens with zero attached hydrogens (tertiary/aromatic N) is 7. The number of pyridine rings is 1. The first-order valence-corrected chi connectivity index (χ1v) is 12.5. The van der Waals surface area contributed by atoms with Gasteiger partial charge in [-0.15, -0.1) is 10.2 Å². The molecule has 2 aromatic carbocycles. The molecular formula is C27H16ClF6N7O2. The fourth-order valence-corrected chi connectivity index (χ4v) is 4.56. The van der Waals surface area contributed by atoms with Gasteiger partial charge in [-0.1, -0.05) is 40.2 Å². The van der Waals surface area contributed by atoms with E-state index in [0.29, 0.717) is 24.0 Å². The number of hydrogen-bond acceptors (Lipinski definition) is 7. The van der Waals surface area contributed by atoms with Crippen LogP contribution in [0.2, 0.25) is 5.02 Å². The number of aldehydes is 1. The number of rotatable bonds is 8. The molecule has 0 unspecified atom stereocenters. The smallest absolute Gasteiger partial charge is 0.301 e. The van der Waals surface area contributed by atoms with E-state index in [1.807, 2.05) is 0 Å². The third kappa shape index (κ3) is 6.02. The van der Waals surface area contributed by atoms with Crippen LogP contribution in [0.5, 0.6) is 0 Å². The summed E-state index contributed by atoms with van der Waals surface area (Å²) in [5.74, 6) is -0.841. The van der Waals surface area contributed by atoms with Crippen molar-refractivity contribution < 1.29 is 35.9 Å². The van der Waals surface area contributed by atoms with E-state index in [1.165, 1.54) is 24.5 Å². The van der Waals surface area contributed by atoms with E-state index < -0.39 is 41.4 Å². The largest absolute Gasteiger partial charge is 0.416 e. The molecule has 43 heavy (non-hydrogen) atoms. The summed E-state index contributed by atoms with van der Waals surface area (Å²) in [6.07, 6.45) is -6.92. The molecule has 9 nitrogen and oxygen atoms in total. The predicted molar refractivity (Wildman–Crippen MR) is 139 cm³/mol. The second-order valence-corrected chi connectivity index (χ2v) is 9.45. The summed E-state index contributed by atoms with van der Waals surface area (Å²) >= 11 is 6.32. The van der Waals surface area contributed by atoms with Crippen LogP contribution in [0, 0.1) is 0 Å². The third-order valence-corrected chi connectivity index (χ3v) is 6.52. The van der Waals surface area contributed by atoms with Crippen LogP contribution in [0.4, 0.5) is 26.3 Å². The summed E-state index contributed by atoms with van der Waals surface area (Å²) in [6, 6.07) is 10.5. The fraction of sp³-hybridized carbons (Fsp3) is 0.148. The van der Waals surface area contributed by atoms with Crippen molar-refractivity contribution in [3.8, 4) is 22.5 Å². The molecule has 0 saturated carbocycles. The molecule has 16 heteroatoms. The lowest BCUT2D eigenvalue weighted by molar-refractivity contribution is -0.143. The Morgan fingerprint density at radius 3 is 2.16 bits per heavy atom. The van der Waals surface area contributed by atoms with Gasteiger partial charge in [-0.25, -0.2) is 9.36 Å². The summed E-state index contributed by atoms with van der Waals surface area (Å²) < 4.78 is 82.9. The Balaban J connectivity index is 1.67. The van der Waals surface area contributed by atoms with E-state index in [1.54, 1.807) is 24.3 Å². The number of benzene rings is 2. The Bertz CT molecular complexity index is 1780. The van der Waals surface area contributed by atoms with Crippen molar-refractivity contribution in [1.82, 2.24) is 35.0 Å². The zero-order chi connectivity index (χ0) is 30.9. The van der Waals surface area contributed by atoms with Gasteiger partial charge in [0, 0.05) is 23.5 Å². The zero-order valence-corrected chi connectivity index (χ0v) is 22.2. The van der Waals surface area contributed by atoms with Crippen LogP contribution in [0.15, 0.2) is 67.0 Å². The summed E-state index contributed by atoms with van der Waals surface area (Å²) in [5.41, 5.74) is -3.48. The highest BCUT2D eigenvalue weighted by Crippen LogP contribution is 2.37. The number of carbonyl (C=O) groups is 2. The second kappa shape index (κ2) is 11.4. The molecule has 0 saturated heterocycles. The Hall–Kier alpha value is -4.92. The average molecular weight is 620 g/mol. The lowest BCUT2D eigenvalue weighted by atomic mass is 10.0. The van der Waals surface area contributed by atoms with Crippen LogP contribution in [-0.4, -0.2) is 47.0 Å². The first-order valence-electron chi connectivity index (χ1n) is 12.2. The number of hydrogen-bond donors (Lipinski definition) is 0. The quantitative estimate of drug-likeness (QED) is 0.123. The monoisotopic (exact) mass is 619 g/mol. The van der Waals surface area contributed by atoms with Gasteiger partial charge in [0.25, 0.3) is 0 Å². The summed E-state index contributed by atoms with van der Waals surface area (Å²) in [7, 11) is 0. The third-order valence-electron chi connectivity index (χ3n) is 6.19. The molecule has 0 aliphatic rings. The van der Waals surface area contributed by atoms with Crippen molar-refractivity contribution in [2.45, 2.75) is 25.4 Å².